The second kappa shape index (κ2) is 5.71. The Balaban J connectivity index is 3.89. The zero-order valence-electron chi connectivity index (χ0n) is 7.45. The van der Waals surface area contributed by atoms with Crippen LogP contribution in [0.4, 0.5) is 0 Å². The third-order valence-electron chi connectivity index (χ3n) is 1.09. The Hall–Kier alpha value is -0.880. The fourth-order valence-corrected chi connectivity index (χ4v) is 1.34. The molecule has 0 atom stereocenters. The third-order valence-corrected chi connectivity index (χ3v) is 2.11. The van der Waals surface area contributed by atoms with Crippen LogP contribution in [0.1, 0.15) is 13.3 Å². The Morgan fingerprint density at radius 2 is 2.23 bits per heavy atom. The van der Waals surface area contributed by atoms with Gasteiger partial charge in [-0.2, -0.15) is 8.42 Å². The minimum Gasteiger partial charge on any atom is -0.367 e. The SMILES string of the molecule is C=C(C=O)NCS(=O)(=O)OCCC. The van der Waals surface area contributed by atoms with Gasteiger partial charge in [-0.15, -0.1) is 0 Å². The predicted molar refractivity (Wildman–Crippen MR) is 48.4 cm³/mol. The van der Waals surface area contributed by atoms with Crippen molar-refractivity contribution in [3.63, 3.8) is 0 Å². The lowest BCUT2D eigenvalue weighted by Crippen LogP contribution is -2.24. The number of aldehydes is 1. The molecule has 0 heterocycles. The molecule has 0 saturated heterocycles. The van der Waals surface area contributed by atoms with Crippen molar-refractivity contribution in [2.45, 2.75) is 13.3 Å². The average molecular weight is 207 g/mol. The first-order valence-electron chi connectivity index (χ1n) is 3.77. The average Bonchev–Trinajstić information content (AvgIpc) is 2.11. The lowest BCUT2D eigenvalue weighted by molar-refractivity contribution is -0.105. The number of nitrogens with one attached hydrogen (secondary N) is 1. The molecule has 0 aliphatic rings. The van der Waals surface area contributed by atoms with Crippen LogP contribution in [0.3, 0.4) is 0 Å². The Labute approximate surface area is 77.9 Å². The smallest absolute Gasteiger partial charge is 0.285 e. The Morgan fingerprint density at radius 3 is 2.69 bits per heavy atom. The van der Waals surface area contributed by atoms with Crippen LogP contribution in [0.15, 0.2) is 12.3 Å². The summed E-state index contributed by atoms with van der Waals surface area (Å²) in [6, 6.07) is 0. The molecule has 0 aromatic heterocycles. The highest BCUT2D eigenvalue weighted by atomic mass is 32.2. The van der Waals surface area contributed by atoms with Gasteiger partial charge in [-0.1, -0.05) is 13.5 Å². The van der Waals surface area contributed by atoms with E-state index in [1.165, 1.54) is 0 Å². The highest BCUT2D eigenvalue weighted by Gasteiger charge is 2.09. The number of carbonyl (C=O) groups is 1. The molecule has 0 rings (SSSR count). The maximum atomic E-state index is 11.0. The molecule has 0 radical (unpaired) electrons. The fraction of sp³-hybridized carbons (Fsp3) is 0.571. The van der Waals surface area contributed by atoms with E-state index in [1.54, 1.807) is 6.92 Å². The first kappa shape index (κ1) is 12.1. The maximum Gasteiger partial charge on any atom is 0.285 e. The van der Waals surface area contributed by atoms with E-state index in [4.69, 9.17) is 0 Å². The summed E-state index contributed by atoms with van der Waals surface area (Å²) in [5.41, 5.74) is 0.0173. The van der Waals surface area contributed by atoms with Gasteiger partial charge in [0.15, 0.2) is 6.29 Å². The van der Waals surface area contributed by atoms with Crippen molar-refractivity contribution < 1.29 is 17.4 Å². The van der Waals surface area contributed by atoms with Crippen LogP contribution >= 0.6 is 0 Å². The predicted octanol–water partition coefficient (Wildman–Crippen LogP) is 0.00250. The van der Waals surface area contributed by atoms with Crippen LogP contribution in [0.25, 0.3) is 0 Å². The zero-order chi connectivity index (χ0) is 10.3. The number of rotatable bonds is 7. The Kier molecular flexibility index (Phi) is 5.33. The molecule has 13 heavy (non-hydrogen) atoms. The van der Waals surface area contributed by atoms with Gasteiger partial charge in [0.1, 0.15) is 5.88 Å². The van der Waals surface area contributed by atoms with E-state index >= 15 is 0 Å². The van der Waals surface area contributed by atoms with Crippen LogP contribution in [-0.2, 0) is 19.1 Å². The van der Waals surface area contributed by atoms with Crippen molar-refractivity contribution >= 4 is 16.4 Å². The molecule has 0 aliphatic carbocycles. The number of hydrogen-bond acceptors (Lipinski definition) is 5. The van der Waals surface area contributed by atoms with Gasteiger partial charge >= 0.3 is 0 Å². The number of carbonyl (C=O) groups excluding carboxylic acids is 1. The van der Waals surface area contributed by atoms with Crippen LogP contribution < -0.4 is 5.32 Å². The van der Waals surface area contributed by atoms with Gasteiger partial charge in [0, 0.05) is 0 Å². The highest BCUT2D eigenvalue weighted by Crippen LogP contribution is 1.93. The van der Waals surface area contributed by atoms with Crippen LogP contribution in [0, 0.1) is 0 Å². The normalized spacial score (nSPS) is 10.8. The number of allylic oxidation sites excluding steroid dienone is 1. The molecule has 1 N–H and O–H groups in total. The first-order chi connectivity index (χ1) is 6.02. The standard InChI is InChI=1S/C7H13NO4S/c1-3-4-12-13(10,11)6-8-7(2)5-9/h5,8H,2-4,6H2,1H3. The van der Waals surface area contributed by atoms with Gasteiger partial charge in [-0.05, 0) is 6.42 Å². The van der Waals surface area contributed by atoms with Crippen LogP contribution in [-0.4, -0.2) is 27.2 Å². The Bertz CT molecular complexity index is 270. The summed E-state index contributed by atoms with van der Waals surface area (Å²) in [5, 5.41) is 2.31. The van der Waals surface area contributed by atoms with Crippen molar-refractivity contribution in [2.24, 2.45) is 0 Å². The van der Waals surface area contributed by atoms with Crippen LogP contribution in [0.5, 0.6) is 0 Å². The van der Waals surface area contributed by atoms with E-state index < -0.39 is 16.0 Å². The van der Waals surface area contributed by atoms with E-state index in [1.807, 2.05) is 0 Å². The van der Waals surface area contributed by atoms with Gasteiger partial charge in [0.05, 0.1) is 12.3 Å². The van der Waals surface area contributed by atoms with Gasteiger partial charge in [-0.25, -0.2) is 0 Å². The van der Waals surface area contributed by atoms with Crippen molar-refractivity contribution in [2.75, 3.05) is 12.5 Å². The molecular weight excluding hydrogens is 194 g/mol. The highest BCUT2D eigenvalue weighted by molar-refractivity contribution is 7.86. The summed E-state index contributed by atoms with van der Waals surface area (Å²) in [5.74, 6) is -0.426. The van der Waals surface area contributed by atoms with E-state index in [2.05, 4.69) is 16.1 Å². The van der Waals surface area contributed by atoms with E-state index in [0.29, 0.717) is 12.7 Å². The monoisotopic (exact) mass is 207 g/mol. The second-order valence-corrected chi connectivity index (χ2v) is 3.98. The molecule has 0 aliphatic heterocycles. The molecule has 0 aromatic carbocycles. The molecule has 5 nitrogen and oxygen atoms in total. The summed E-state index contributed by atoms with van der Waals surface area (Å²) in [7, 11) is -3.58. The maximum absolute atomic E-state index is 11.0. The summed E-state index contributed by atoms with van der Waals surface area (Å²) < 4.78 is 26.5. The molecule has 0 aromatic rings. The molecule has 6 heteroatoms. The van der Waals surface area contributed by atoms with Gasteiger partial charge < -0.3 is 5.32 Å². The summed E-state index contributed by atoms with van der Waals surface area (Å²) in [6.45, 7) is 5.21. The minimum absolute atomic E-state index is 0.0173. The second-order valence-electron chi connectivity index (χ2n) is 2.34. The zero-order valence-corrected chi connectivity index (χ0v) is 8.26. The molecule has 0 bridgehead atoms. The van der Waals surface area contributed by atoms with Gasteiger partial charge in [0.25, 0.3) is 10.1 Å². The van der Waals surface area contributed by atoms with E-state index in [-0.39, 0.29) is 12.3 Å². The largest absolute Gasteiger partial charge is 0.367 e. The van der Waals surface area contributed by atoms with Crippen molar-refractivity contribution in [3.8, 4) is 0 Å². The fourth-order valence-electron chi connectivity index (χ4n) is 0.475. The van der Waals surface area contributed by atoms with Gasteiger partial charge in [0.2, 0.25) is 0 Å². The summed E-state index contributed by atoms with van der Waals surface area (Å²) >= 11 is 0. The molecule has 0 unspecified atom stereocenters. The van der Waals surface area contributed by atoms with Gasteiger partial charge in [-0.3, -0.25) is 8.98 Å². The van der Waals surface area contributed by atoms with E-state index in [0.717, 1.165) is 0 Å². The summed E-state index contributed by atoms with van der Waals surface area (Å²) in [6.07, 6.45) is 1.06. The molecule has 0 spiro atoms. The van der Waals surface area contributed by atoms with Crippen molar-refractivity contribution in [1.29, 1.82) is 0 Å². The van der Waals surface area contributed by atoms with E-state index in [9.17, 15) is 13.2 Å². The quantitative estimate of drug-likeness (QED) is 0.361. The molecule has 0 amide bonds. The third kappa shape index (κ3) is 6.30. The molecule has 0 fully saturated rings. The minimum atomic E-state index is -3.58. The number of hydrogen-bond donors (Lipinski definition) is 1. The summed E-state index contributed by atoms with van der Waals surface area (Å²) in [4.78, 5) is 10.0. The lowest BCUT2D eigenvalue weighted by Gasteiger charge is -2.05. The van der Waals surface area contributed by atoms with Crippen LogP contribution in [0.2, 0.25) is 0 Å². The Morgan fingerprint density at radius 1 is 1.62 bits per heavy atom. The molecular formula is C7H13NO4S. The van der Waals surface area contributed by atoms with Crippen molar-refractivity contribution in [1.82, 2.24) is 5.32 Å². The first-order valence-corrected chi connectivity index (χ1v) is 5.34. The lowest BCUT2D eigenvalue weighted by atomic mass is 10.5. The molecule has 0 saturated carbocycles. The molecule has 76 valence electrons. The topological polar surface area (TPSA) is 72.5 Å². The van der Waals surface area contributed by atoms with Crippen molar-refractivity contribution in [3.05, 3.63) is 12.3 Å².